The first-order valence-electron chi connectivity index (χ1n) is 15.0. The van der Waals surface area contributed by atoms with Gasteiger partial charge in [0, 0.05) is 46.3 Å². The van der Waals surface area contributed by atoms with Gasteiger partial charge in [-0.05, 0) is 23.0 Å². The van der Waals surface area contributed by atoms with Crippen molar-refractivity contribution in [2.24, 2.45) is 5.92 Å². The van der Waals surface area contributed by atoms with Crippen molar-refractivity contribution in [3.63, 3.8) is 0 Å². The van der Waals surface area contributed by atoms with Crippen molar-refractivity contribution in [3.8, 4) is 5.75 Å². The Hall–Kier alpha value is -3.51. The van der Waals surface area contributed by atoms with Crippen LogP contribution in [0.25, 0.3) is 5.32 Å². The molecule has 1 aromatic heterocycles. The topological polar surface area (TPSA) is 122 Å². The second-order valence-corrected chi connectivity index (χ2v) is 15.3. The minimum Gasteiger partial charge on any atom is -0.588 e. The maximum absolute atomic E-state index is 13.1. The molecule has 0 unspecified atom stereocenters. The van der Waals surface area contributed by atoms with E-state index in [0.29, 0.717) is 49.0 Å². The Morgan fingerprint density at radius 2 is 1.60 bits per heavy atom. The van der Waals surface area contributed by atoms with Gasteiger partial charge in [0.25, 0.3) is 6.20 Å². The lowest BCUT2D eigenvalue weighted by molar-refractivity contribution is -0.759. The lowest BCUT2D eigenvalue weighted by atomic mass is 9.79. The molecule has 12 heteroatoms. The van der Waals surface area contributed by atoms with Crippen molar-refractivity contribution in [3.05, 3.63) is 70.7 Å². The average Bonchev–Trinajstić information content (AvgIpc) is 3.46. The highest BCUT2D eigenvalue weighted by Gasteiger charge is 2.29. The number of phenols is 1. The molecule has 0 aliphatic carbocycles. The lowest BCUT2D eigenvalue weighted by Crippen LogP contribution is -2.66. The number of hydrogen-bond donors (Lipinski definition) is 1. The minimum absolute atomic E-state index is 0.0476. The molecule has 0 bridgehead atoms. The van der Waals surface area contributed by atoms with Gasteiger partial charge in [-0.3, -0.25) is 9.59 Å². The standard InChI is InChI=1S/C33H43N5O5S2/c1-22(20-45-31(42)23-11-9-8-10-12-23)30(41)34-27-19-38(35-43-27)37-15-13-36(14-16-37)28(39)21-44-24-17-25(32(2,3)4)29(40)26(18-24)33(5,6)7/h8-12,17-19,22H,13-16,20-21H2,1-7H3,(H-,34,35,40,41)/t22-/m1/s1. The Balaban J connectivity index is 1.26. The number of carbonyl (C=O) groups excluding carboxylic acids is 3. The van der Waals surface area contributed by atoms with Gasteiger partial charge in [0.05, 0.1) is 29.5 Å². The molecule has 1 aliphatic rings. The Morgan fingerprint density at radius 3 is 2.18 bits per heavy atom. The fourth-order valence-corrected chi connectivity index (χ4v) is 6.50. The fraction of sp³-hybridized carbons (Fsp3) is 0.485. The van der Waals surface area contributed by atoms with Crippen LogP contribution in [0.5, 0.6) is 5.75 Å². The van der Waals surface area contributed by atoms with E-state index in [1.54, 1.807) is 37.4 Å². The molecule has 1 atom stereocenters. The molecule has 45 heavy (non-hydrogen) atoms. The van der Waals surface area contributed by atoms with Crippen LogP contribution in [0.4, 0.5) is 5.88 Å². The Morgan fingerprint density at radius 1 is 1.00 bits per heavy atom. The Labute approximate surface area is 273 Å². The molecule has 242 valence electrons. The van der Waals surface area contributed by atoms with Crippen molar-refractivity contribution in [1.82, 2.24) is 10.2 Å². The van der Waals surface area contributed by atoms with E-state index in [-0.39, 0.29) is 27.7 Å². The molecule has 1 N–H and O–H groups in total. The van der Waals surface area contributed by atoms with E-state index in [1.807, 2.05) is 28.1 Å². The van der Waals surface area contributed by atoms with Crippen molar-refractivity contribution in [1.29, 1.82) is 0 Å². The van der Waals surface area contributed by atoms with Crippen LogP contribution >= 0.6 is 23.5 Å². The molecule has 2 heterocycles. The molecule has 4 rings (SSSR count). The number of carbonyl (C=O) groups is 3. The summed E-state index contributed by atoms with van der Waals surface area (Å²) in [6, 6.07) is 12.9. The van der Waals surface area contributed by atoms with Crippen LogP contribution in [0.1, 0.15) is 70.0 Å². The summed E-state index contributed by atoms with van der Waals surface area (Å²) in [5.74, 6) is 0.198. The summed E-state index contributed by atoms with van der Waals surface area (Å²) in [6.07, 6.45) is 1.55. The van der Waals surface area contributed by atoms with Crippen LogP contribution < -0.4 is 9.80 Å². The molecule has 1 aliphatic heterocycles. The Bertz CT molecular complexity index is 1470. The maximum Gasteiger partial charge on any atom is 0.257 e. The number of amides is 2. The molecule has 2 amide bonds. The third-order valence-corrected chi connectivity index (χ3v) is 9.65. The second kappa shape index (κ2) is 14.3. The van der Waals surface area contributed by atoms with Crippen LogP contribution in [0.3, 0.4) is 0 Å². The predicted octanol–water partition coefficient (Wildman–Crippen LogP) is 5.58. The summed E-state index contributed by atoms with van der Waals surface area (Å²) >= 11 is 2.58. The first kappa shape index (κ1) is 34.4. The van der Waals surface area contributed by atoms with Crippen molar-refractivity contribution in [2.75, 3.05) is 42.7 Å². The normalized spacial score (nSPS) is 14.7. The minimum atomic E-state index is -0.477. The smallest absolute Gasteiger partial charge is 0.257 e. The van der Waals surface area contributed by atoms with Crippen molar-refractivity contribution in [2.45, 2.75) is 64.2 Å². The quantitative estimate of drug-likeness (QED) is 0.233. The maximum atomic E-state index is 13.1. The lowest BCUT2D eigenvalue weighted by Gasteiger charge is -2.30. The number of thioether (sulfide) groups is 2. The first-order chi connectivity index (χ1) is 21.1. The zero-order valence-electron chi connectivity index (χ0n) is 27.1. The van der Waals surface area contributed by atoms with Gasteiger partial charge in [-0.15, -0.1) is 16.8 Å². The number of piperazine rings is 1. The number of phenolic OH excluding ortho intramolecular Hbond substituents is 1. The van der Waals surface area contributed by atoms with Gasteiger partial charge < -0.3 is 24.6 Å². The fourth-order valence-electron chi connectivity index (χ4n) is 4.78. The summed E-state index contributed by atoms with van der Waals surface area (Å²) in [4.78, 5) is 42.4. The average molecular weight is 654 g/mol. The van der Waals surface area contributed by atoms with Gasteiger partial charge in [-0.1, -0.05) is 90.6 Å². The molecule has 0 saturated carbocycles. The first-order valence-corrected chi connectivity index (χ1v) is 17.0. The molecule has 0 radical (unpaired) electrons. The molecular formula is C33H43N5O5S2. The number of rotatable bonds is 9. The zero-order chi connectivity index (χ0) is 32.9. The van der Waals surface area contributed by atoms with Gasteiger partial charge >= 0.3 is 0 Å². The summed E-state index contributed by atoms with van der Waals surface area (Å²) in [5.41, 5.74) is 1.88. The highest BCUT2D eigenvalue weighted by Crippen LogP contribution is 2.41. The molecule has 1 saturated heterocycles. The van der Waals surface area contributed by atoms with E-state index in [1.165, 1.54) is 16.6 Å². The SMILES string of the molecule is C[C@H](CSC(=O)c1ccccc1)C(=O)[N-]c1c[n+](N2CCN(C(=O)CSc3cc(C(C)(C)C)c(O)c(C(C)(C)C)c3)CC2)no1. The summed E-state index contributed by atoms with van der Waals surface area (Å²) in [5, 5.41) is 20.9. The highest BCUT2D eigenvalue weighted by molar-refractivity contribution is 8.14. The Kier molecular flexibility index (Phi) is 10.9. The summed E-state index contributed by atoms with van der Waals surface area (Å²) in [7, 11) is 0. The van der Waals surface area contributed by atoms with E-state index in [4.69, 9.17) is 4.52 Å². The van der Waals surface area contributed by atoms with Gasteiger partial charge in [0.2, 0.25) is 16.3 Å². The third kappa shape index (κ3) is 9.03. The molecular weight excluding hydrogens is 611 g/mol. The number of aromatic nitrogens is 2. The summed E-state index contributed by atoms with van der Waals surface area (Å²) < 4.78 is 5.28. The highest BCUT2D eigenvalue weighted by atomic mass is 32.2. The van der Waals surface area contributed by atoms with Crippen LogP contribution in [0, 0.1) is 5.92 Å². The third-order valence-electron chi connectivity index (χ3n) is 7.52. The van der Waals surface area contributed by atoms with Crippen LogP contribution in [0.15, 0.2) is 58.1 Å². The monoisotopic (exact) mass is 653 g/mol. The van der Waals surface area contributed by atoms with Gasteiger partial charge in [-0.2, -0.15) is 0 Å². The largest absolute Gasteiger partial charge is 0.588 e. The number of hydrogen-bond acceptors (Lipinski definition) is 9. The van der Waals surface area contributed by atoms with Gasteiger partial charge in [0.1, 0.15) is 11.6 Å². The second-order valence-electron chi connectivity index (χ2n) is 13.3. The van der Waals surface area contributed by atoms with Gasteiger partial charge in [0.15, 0.2) is 0 Å². The number of nitrogens with zero attached hydrogens (tertiary/aromatic N) is 5. The molecule has 0 spiro atoms. The van der Waals surface area contributed by atoms with E-state index < -0.39 is 11.8 Å². The van der Waals surface area contributed by atoms with E-state index in [0.717, 1.165) is 27.8 Å². The summed E-state index contributed by atoms with van der Waals surface area (Å²) in [6.45, 7) is 16.3. The predicted molar refractivity (Wildman–Crippen MR) is 178 cm³/mol. The van der Waals surface area contributed by atoms with Crippen LogP contribution in [-0.2, 0) is 20.4 Å². The number of benzene rings is 2. The van der Waals surface area contributed by atoms with Crippen LogP contribution in [-0.4, -0.2) is 69.9 Å². The van der Waals surface area contributed by atoms with E-state index in [9.17, 15) is 19.5 Å². The number of aromatic hydroxyl groups is 1. The van der Waals surface area contributed by atoms with Crippen molar-refractivity contribution < 1.29 is 28.8 Å². The molecule has 2 aromatic carbocycles. The van der Waals surface area contributed by atoms with Crippen molar-refractivity contribution >= 4 is 46.3 Å². The van der Waals surface area contributed by atoms with E-state index >= 15 is 0 Å². The van der Waals surface area contributed by atoms with Crippen LogP contribution in [0.2, 0.25) is 0 Å². The molecule has 10 nitrogen and oxygen atoms in total. The van der Waals surface area contributed by atoms with E-state index in [2.05, 4.69) is 52.1 Å². The molecule has 3 aromatic rings. The zero-order valence-corrected chi connectivity index (χ0v) is 28.7. The van der Waals surface area contributed by atoms with Gasteiger partial charge in [-0.25, -0.2) is 0 Å². The molecule has 1 fully saturated rings.